The van der Waals surface area contributed by atoms with Gasteiger partial charge in [0, 0.05) is 12.5 Å². The Morgan fingerprint density at radius 2 is 1.57 bits per heavy atom. The molecule has 0 saturated carbocycles. The van der Waals surface area contributed by atoms with E-state index >= 15 is 0 Å². The summed E-state index contributed by atoms with van der Waals surface area (Å²) in [4.78, 5) is 17.2. The topological polar surface area (TPSA) is 55.6 Å². The third kappa shape index (κ3) is 3.80. The van der Waals surface area contributed by atoms with Gasteiger partial charge in [-0.05, 0) is 29.8 Å². The van der Waals surface area contributed by atoms with Crippen molar-refractivity contribution in [2.24, 2.45) is 0 Å². The molecular weight excluding hydrogens is 352 g/mol. The molecular formula is C23H20N2O3. The van der Waals surface area contributed by atoms with E-state index in [4.69, 9.17) is 4.84 Å². The van der Waals surface area contributed by atoms with Gasteiger partial charge in [-0.2, -0.15) is 0 Å². The van der Waals surface area contributed by atoms with Crippen LogP contribution in [0.15, 0.2) is 91.0 Å². The Balaban J connectivity index is 1.64. The maximum absolute atomic E-state index is 11.3. The van der Waals surface area contributed by atoms with Crippen molar-refractivity contribution in [2.45, 2.75) is 18.6 Å². The van der Waals surface area contributed by atoms with E-state index < -0.39 is 0 Å². The summed E-state index contributed by atoms with van der Waals surface area (Å²) >= 11 is 0. The van der Waals surface area contributed by atoms with Gasteiger partial charge in [0.05, 0.1) is 22.2 Å². The fourth-order valence-electron chi connectivity index (χ4n) is 3.43. The van der Waals surface area contributed by atoms with Gasteiger partial charge in [-0.25, -0.2) is 5.06 Å². The standard InChI is InChI=1S/C23H20N2O3/c26-25(27)22-14-8-7-9-18(22)15-16-21-17-23(19-10-3-1-4-11-19)28-24(21)20-12-5-2-6-13-20/h1-16,21,23H,17H2/b16-15+. The second-order valence-corrected chi connectivity index (χ2v) is 6.64. The lowest BCUT2D eigenvalue weighted by Crippen LogP contribution is -2.25. The first kappa shape index (κ1) is 17.9. The van der Waals surface area contributed by atoms with E-state index in [2.05, 4.69) is 12.1 Å². The molecule has 0 aromatic heterocycles. The molecule has 5 heteroatoms. The number of nitrogens with zero attached hydrogens (tertiary/aromatic N) is 2. The van der Waals surface area contributed by atoms with Gasteiger partial charge in [0.1, 0.15) is 6.10 Å². The van der Waals surface area contributed by atoms with E-state index in [0.29, 0.717) is 5.56 Å². The predicted octanol–water partition coefficient (Wildman–Crippen LogP) is 5.56. The maximum atomic E-state index is 11.3. The zero-order valence-corrected chi connectivity index (χ0v) is 15.2. The third-order valence-corrected chi connectivity index (χ3v) is 4.81. The molecule has 28 heavy (non-hydrogen) atoms. The molecule has 5 nitrogen and oxygen atoms in total. The molecule has 3 aromatic carbocycles. The zero-order valence-electron chi connectivity index (χ0n) is 15.2. The second kappa shape index (κ2) is 8.06. The van der Waals surface area contributed by atoms with Crippen molar-refractivity contribution in [3.05, 3.63) is 112 Å². The molecule has 4 rings (SSSR count). The van der Waals surface area contributed by atoms with Gasteiger partial charge in [0.15, 0.2) is 0 Å². The van der Waals surface area contributed by atoms with Crippen molar-refractivity contribution in [2.75, 3.05) is 5.06 Å². The molecule has 0 bridgehead atoms. The van der Waals surface area contributed by atoms with Crippen LogP contribution in [-0.4, -0.2) is 11.0 Å². The molecule has 2 unspecified atom stereocenters. The number of nitro benzene ring substituents is 1. The fourth-order valence-corrected chi connectivity index (χ4v) is 3.43. The molecule has 0 spiro atoms. The van der Waals surface area contributed by atoms with Crippen LogP contribution in [0.4, 0.5) is 11.4 Å². The van der Waals surface area contributed by atoms with Crippen molar-refractivity contribution in [3.63, 3.8) is 0 Å². The fraction of sp³-hybridized carbons (Fsp3) is 0.130. The van der Waals surface area contributed by atoms with Gasteiger partial charge in [0.25, 0.3) is 5.69 Å². The first-order valence-electron chi connectivity index (χ1n) is 9.20. The highest BCUT2D eigenvalue weighted by Crippen LogP contribution is 2.37. The van der Waals surface area contributed by atoms with Crippen molar-refractivity contribution in [1.82, 2.24) is 0 Å². The summed E-state index contributed by atoms with van der Waals surface area (Å²) < 4.78 is 0. The van der Waals surface area contributed by atoms with Crippen LogP contribution >= 0.6 is 0 Å². The number of rotatable bonds is 5. The summed E-state index contributed by atoms with van der Waals surface area (Å²) in [6.45, 7) is 0. The number of para-hydroxylation sites is 2. The smallest absolute Gasteiger partial charge is 0.265 e. The van der Waals surface area contributed by atoms with Crippen LogP contribution in [-0.2, 0) is 4.84 Å². The minimum Gasteiger partial charge on any atom is -0.265 e. The van der Waals surface area contributed by atoms with Crippen molar-refractivity contribution < 1.29 is 9.76 Å². The lowest BCUT2D eigenvalue weighted by molar-refractivity contribution is -0.385. The lowest BCUT2D eigenvalue weighted by Gasteiger charge is -2.22. The Morgan fingerprint density at radius 1 is 0.929 bits per heavy atom. The van der Waals surface area contributed by atoms with Crippen LogP contribution in [0.1, 0.15) is 23.7 Å². The molecule has 3 aromatic rings. The van der Waals surface area contributed by atoms with E-state index in [9.17, 15) is 10.1 Å². The van der Waals surface area contributed by atoms with Gasteiger partial charge in [-0.1, -0.05) is 66.7 Å². The summed E-state index contributed by atoms with van der Waals surface area (Å²) in [5.41, 5.74) is 2.76. The van der Waals surface area contributed by atoms with Crippen molar-refractivity contribution >= 4 is 17.5 Å². The molecule has 1 aliphatic rings. The third-order valence-electron chi connectivity index (χ3n) is 4.81. The second-order valence-electron chi connectivity index (χ2n) is 6.64. The van der Waals surface area contributed by atoms with E-state index in [1.807, 2.05) is 65.7 Å². The lowest BCUT2D eigenvalue weighted by atomic mass is 10.0. The number of benzene rings is 3. The summed E-state index contributed by atoms with van der Waals surface area (Å²) in [5, 5.41) is 13.2. The zero-order chi connectivity index (χ0) is 19.3. The van der Waals surface area contributed by atoms with Gasteiger partial charge in [-0.15, -0.1) is 0 Å². The van der Waals surface area contributed by atoms with Crippen molar-refractivity contribution in [3.8, 4) is 0 Å². The quantitative estimate of drug-likeness (QED) is 0.435. The van der Waals surface area contributed by atoms with Crippen LogP contribution in [0.3, 0.4) is 0 Å². The summed E-state index contributed by atoms with van der Waals surface area (Å²) in [7, 11) is 0. The highest BCUT2D eigenvalue weighted by molar-refractivity contribution is 5.62. The summed E-state index contributed by atoms with van der Waals surface area (Å²) in [5.74, 6) is 0. The molecule has 1 saturated heterocycles. The first-order chi connectivity index (χ1) is 13.7. The van der Waals surface area contributed by atoms with Gasteiger partial charge >= 0.3 is 0 Å². The highest BCUT2D eigenvalue weighted by atomic mass is 16.7. The van der Waals surface area contributed by atoms with Gasteiger partial charge < -0.3 is 0 Å². The summed E-state index contributed by atoms with van der Waals surface area (Å²) in [6.07, 6.45) is 4.49. The number of hydrogen-bond acceptors (Lipinski definition) is 4. The molecule has 1 heterocycles. The minimum atomic E-state index is -0.355. The SMILES string of the molecule is O=[N+]([O-])c1ccccc1/C=C/C1CC(c2ccccc2)ON1c1ccccc1. The predicted molar refractivity (Wildman–Crippen MR) is 110 cm³/mol. The normalized spacial score (nSPS) is 19.2. The maximum Gasteiger partial charge on any atom is 0.276 e. The minimum absolute atomic E-state index is 0.0348. The summed E-state index contributed by atoms with van der Waals surface area (Å²) in [6, 6.07) is 26.7. The van der Waals surface area contributed by atoms with Gasteiger partial charge in [-0.3, -0.25) is 15.0 Å². The average molecular weight is 372 g/mol. The number of anilines is 1. The van der Waals surface area contributed by atoms with E-state index in [1.54, 1.807) is 18.2 Å². The molecule has 0 N–H and O–H groups in total. The molecule has 2 atom stereocenters. The van der Waals surface area contributed by atoms with E-state index in [-0.39, 0.29) is 22.8 Å². The van der Waals surface area contributed by atoms with E-state index in [0.717, 1.165) is 17.7 Å². The van der Waals surface area contributed by atoms with Crippen LogP contribution < -0.4 is 5.06 Å². The Labute approximate surface area is 163 Å². The molecule has 0 amide bonds. The Bertz CT molecular complexity index is 973. The molecule has 0 aliphatic carbocycles. The van der Waals surface area contributed by atoms with E-state index in [1.165, 1.54) is 6.07 Å². The van der Waals surface area contributed by atoms with Gasteiger partial charge in [0.2, 0.25) is 0 Å². The Morgan fingerprint density at radius 3 is 2.29 bits per heavy atom. The Kier molecular flexibility index (Phi) is 5.17. The average Bonchev–Trinajstić information content (AvgIpc) is 3.18. The highest BCUT2D eigenvalue weighted by Gasteiger charge is 2.33. The van der Waals surface area contributed by atoms with Crippen molar-refractivity contribution in [1.29, 1.82) is 0 Å². The number of hydroxylamine groups is 1. The van der Waals surface area contributed by atoms with Crippen LogP contribution in [0, 0.1) is 10.1 Å². The van der Waals surface area contributed by atoms with Crippen LogP contribution in [0.2, 0.25) is 0 Å². The number of nitro groups is 1. The Hall–Kier alpha value is -3.44. The first-order valence-corrected chi connectivity index (χ1v) is 9.20. The molecule has 0 radical (unpaired) electrons. The largest absolute Gasteiger partial charge is 0.276 e. The number of hydrogen-bond donors (Lipinski definition) is 0. The van der Waals surface area contributed by atoms with Crippen LogP contribution in [0.25, 0.3) is 6.08 Å². The molecule has 1 aliphatic heterocycles. The molecule has 1 fully saturated rings. The van der Waals surface area contributed by atoms with Crippen LogP contribution in [0.5, 0.6) is 0 Å². The monoisotopic (exact) mass is 372 g/mol. The molecule has 140 valence electrons.